The summed E-state index contributed by atoms with van der Waals surface area (Å²) in [6.45, 7) is 10.5. The minimum atomic E-state index is 0. The summed E-state index contributed by atoms with van der Waals surface area (Å²) in [7, 11) is 0. The largest absolute Gasteiger partial charge is 0.444 e. The van der Waals surface area contributed by atoms with E-state index in [2.05, 4.69) is 70.8 Å². The van der Waals surface area contributed by atoms with E-state index >= 15 is 0 Å². The quantitative estimate of drug-likeness (QED) is 0.236. The van der Waals surface area contributed by atoms with Crippen molar-refractivity contribution in [2.24, 2.45) is 4.99 Å². The van der Waals surface area contributed by atoms with Crippen molar-refractivity contribution < 1.29 is 4.42 Å². The number of aryl methyl sites for hydroxylation is 1. The van der Waals surface area contributed by atoms with Crippen LogP contribution >= 0.6 is 35.3 Å². The summed E-state index contributed by atoms with van der Waals surface area (Å²) in [5, 5.41) is 9.97. The summed E-state index contributed by atoms with van der Waals surface area (Å²) in [4.78, 5) is 13.9. The zero-order valence-corrected chi connectivity index (χ0v) is 21.1. The molecule has 0 bridgehead atoms. The molecule has 0 amide bonds. The normalized spacial score (nSPS) is 11.4. The molecule has 0 spiro atoms. The molecule has 0 saturated carbocycles. The van der Waals surface area contributed by atoms with Crippen LogP contribution in [0.1, 0.15) is 48.6 Å². The SMILES string of the molecule is CCNC(=NCc1coc(-c2ccc(C)cc2)n1)NCCc1csc(C(C)C)n1.I. The first-order chi connectivity index (χ1) is 14.0. The lowest BCUT2D eigenvalue weighted by molar-refractivity contribution is 0.572. The van der Waals surface area contributed by atoms with Gasteiger partial charge in [-0.05, 0) is 26.0 Å². The summed E-state index contributed by atoms with van der Waals surface area (Å²) < 4.78 is 5.62. The van der Waals surface area contributed by atoms with Crippen molar-refractivity contribution in [3.8, 4) is 11.5 Å². The minimum absolute atomic E-state index is 0. The average Bonchev–Trinajstić information content (AvgIpc) is 3.36. The third-order valence-corrected chi connectivity index (χ3v) is 5.52. The number of nitrogens with one attached hydrogen (secondary N) is 2. The van der Waals surface area contributed by atoms with E-state index in [9.17, 15) is 0 Å². The second-order valence-corrected chi connectivity index (χ2v) is 8.10. The van der Waals surface area contributed by atoms with Crippen molar-refractivity contribution in [3.63, 3.8) is 0 Å². The van der Waals surface area contributed by atoms with E-state index in [-0.39, 0.29) is 24.0 Å². The molecule has 0 fully saturated rings. The number of hydrogen-bond acceptors (Lipinski definition) is 5. The van der Waals surface area contributed by atoms with Gasteiger partial charge in [-0.3, -0.25) is 0 Å². The van der Waals surface area contributed by atoms with Crippen LogP contribution in [0.5, 0.6) is 0 Å². The maximum atomic E-state index is 5.62. The van der Waals surface area contributed by atoms with E-state index in [1.165, 1.54) is 10.6 Å². The number of guanidine groups is 1. The zero-order valence-electron chi connectivity index (χ0n) is 17.9. The number of aromatic nitrogens is 2. The van der Waals surface area contributed by atoms with Gasteiger partial charge in [0.2, 0.25) is 5.89 Å². The van der Waals surface area contributed by atoms with Gasteiger partial charge in [0.25, 0.3) is 0 Å². The highest BCUT2D eigenvalue weighted by molar-refractivity contribution is 14.0. The van der Waals surface area contributed by atoms with E-state index in [0.29, 0.717) is 18.4 Å². The van der Waals surface area contributed by atoms with Crippen LogP contribution in [-0.4, -0.2) is 29.0 Å². The first-order valence-corrected chi connectivity index (χ1v) is 10.9. The lowest BCUT2D eigenvalue weighted by atomic mass is 10.1. The van der Waals surface area contributed by atoms with Gasteiger partial charge < -0.3 is 15.1 Å². The maximum absolute atomic E-state index is 5.62. The van der Waals surface area contributed by atoms with Gasteiger partial charge in [0.15, 0.2) is 5.96 Å². The molecule has 0 aliphatic heterocycles. The van der Waals surface area contributed by atoms with Gasteiger partial charge in [0, 0.05) is 36.4 Å². The van der Waals surface area contributed by atoms with E-state index in [1.54, 1.807) is 17.6 Å². The van der Waals surface area contributed by atoms with Crippen molar-refractivity contribution in [1.29, 1.82) is 0 Å². The smallest absolute Gasteiger partial charge is 0.226 e. The van der Waals surface area contributed by atoms with Crippen LogP contribution in [0, 0.1) is 6.92 Å². The first-order valence-electron chi connectivity index (χ1n) is 10.0. The molecular formula is C22H30IN5OS. The maximum Gasteiger partial charge on any atom is 0.226 e. The lowest BCUT2D eigenvalue weighted by Gasteiger charge is -2.10. The van der Waals surface area contributed by atoms with Crippen molar-refractivity contribution >= 4 is 41.3 Å². The van der Waals surface area contributed by atoms with Crippen LogP contribution in [0.25, 0.3) is 11.5 Å². The Labute approximate surface area is 199 Å². The zero-order chi connectivity index (χ0) is 20.6. The standard InChI is InChI=1S/C22H29N5OS.HI/c1-5-23-22(24-11-10-18-14-29-21(27-18)15(2)3)25-12-19-13-28-20(26-19)17-8-6-16(4)7-9-17;/h6-9,13-15H,5,10-12H2,1-4H3,(H2,23,24,25);1H. The molecule has 0 saturated heterocycles. The second-order valence-electron chi connectivity index (χ2n) is 7.21. The number of hydrogen-bond donors (Lipinski definition) is 2. The van der Waals surface area contributed by atoms with Gasteiger partial charge >= 0.3 is 0 Å². The number of aliphatic imine (C=N–C) groups is 1. The Morgan fingerprint density at radius 2 is 1.90 bits per heavy atom. The third kappa shape index (κ3) is 7.09. The summed E-state index contributed by atoms with van der Waals surface area (Å²) in [5.41, 5.74) is 4.12. The van der Waals surface area contributed by atoms with Gasteiger partial charge in [-0.2, -0.15) is 0 Å². The predicted molar refractivity (Wildman–Crippen MR) is 135 cm³/mol. The Morgan fingerprint density at radius 3 is 2.57 bits per heavy atom. The third-order valence-electron chi connectivity index (χ3n) is 4.33. The molecule has 0 aliphatic carbocycles. The van der Waals surface area contributed by atoms with Gasteiger partial charge in [-0.25, -0.2) is 15.0 Å². The molecule has 162 valence electrons. The molecule has 0 atom stereocenters. The Morgan fingerprint density at radius 1 is 1.13 bits per heavy atom. The highest BCUT2D eigenvalue weighted by Gasteiger charge is 2.08. The second kappa shape index (κ2) is 12.0. The van der Waals surface area contributed by atoms with E-state index < -0.39 is 0 Å². The van der Waals surface area contributed by atoms with E-state index in [1.807, 2.05) is 12.1 Å². The number of oxazole rings is 1. The van der Waals surface area contributed by atoms with Crippen molar-refractivity contribution in [2.75, 3.05) is 13.1 Å². The van der Waals surface area contributed by atoms with Crippen LogP contribution in [0.3, 0.4) is 0 Å². The van der Waals surface area contributed by atoms with Crippen LogP contribution in [0.2, 0.25) is 0 Å². The first kappa shape index (κ1) is 24.3. The molecule has 6 nitrogen and oxygen atoms in total. The van der Waals surface area contributed by atoms with E-state index in [0.717, 1.165) is 42.4 Å². The lowest BCUT2D eigenvalue weighted by Crippen LogP contribution is -2.38. The average molecular weight is 539 g/mol. The van der Waals surface area contributed by atoms with Gasteiger partial charge in [-0.15, -0.1) is 35.3 Å². The van der Waals surface area contributed by atoms with Crippen LogP contribution in [-0.2, 0) is 13.0 Å². The van der Waals surface area contributed by atoms with Gasteiger partial charge in [0.05, 0.1) is 17.2 Å². The molecule has 3 aromatic rings. The summed E-state index contributed by atoms with van der Waals surface area (Å²) in [6.07, 6.45) is 2.54. The number of benzene rings is 1. The molecule has 0 radical (unpaired) electrons. The molecular weight excluding hydrogens is 509 g/mol. The molecule has 8 heteroatoms. The Balaban J connectivity index is 0.00000320. The van der Waals surface area contributed by atoms with Crippen LogP contribution in [0.4, 0.5) is 0 Å². The number of nitrogens with zero attached hydrogens (tertiary/aromatic N) is 3. The van der Waals surface area contributed by atoms with Crippen LogP contribution in [0.15, 0.2) is 45.3 Å². The molecule has 3 rings (SSSR count). The number of thiazole rings is 1. The highest BCUT2D eigenvalue weighted by Crippen LogP contribution is 2.20. The molecule has 2 N–H and O–H groups in total. The Hall–Kier alpha value is -1.94. The number of rotatable bonds is 8. The molecule has 30 heavy (non-hydrogen) atoms. The highest BCUT2D eigenvalue weighted by atomic mass is 127. The van der Waals surface area contributed by atoms with Crippen LogP contribution < -0.4 is 10.6 Å². The van der Waals surface area contributed by atoms with Crippen molar-refractivity contribution in [3.05, 3.63) is 57.9 Å². The number of halogens is 1. The monoisotopic (exact) mass is 539 g/mol. The van der Waals surface area contributed by atoms with Gasteiger partial charge in [0.1, 0.15) is 12.0 Å². The molecule has 0 aliphatic rings. The molecule has 0 unspecified atom stereocenters. The Kier molecular flexibility index (Phi) is 9.77. The fraction of sp³-hybridized carbons (Fsp3) is 0.409. The fourth-order valence-electron chi connectivity index (χ4n) is 2.72. The molecule has 1 aromatic carbocycles. The van der Waals surface area contributed by atoms with E-state index in [4.69, 9.17) is 4.42 Å². The topological polar surface area (TPSA) is 75.3 Å². The van der Waals surface area contributed by atoms with Gasteiger partial charge in [-0.1, -0.05) is 31.5 Å². The molecule has 2 heterocycles. The predicted octanol–water partition coefficient (Wildman–Crippen LogP) is 5.15. The fourth-order valence-corrected chi connectivity index (χ4v) is 3.59. The Bertz CT molecular complexity index is 933. The summed E-state index contributed by atoms with van der Waals surface area (Å²) in [5.74, 6) is 1.87. The molecule has 2 aromatic heterocycles. The van der Waals surface area contributed by atoms with Crippen molar-refractivity contribution in [2.45, 2.75) is 46.6 Å². The summed E-state index contributed by atoms with van der Waals surface area (Å²) >= 11 is 1.73. The summed E-state index contributed by atoms with van der Waals surface area (Å²) in [6, 6.07) is 8.14. The minimum Gasteiger partial charge on any atom is -0.444 e. The van der Waals surface area contributed by atoms with Crippen molar-refractivity contribution in [1.82, 2.24) is 20.6 Å².